The maximum atomic E-state index is 13.4. The molecule has 0 saturated carbocycles. The van der Waals surface area contributed by atoms with Gasteiger partial charge in [0.25, 0.3) is 0 Å². The summed E-state index contributed by atoms with van der Waals surface area (Å²) in [6, 6.07) is -0.997. The number of ether oxygens (including phenoxy) is 6. The fraction of sp³-hybridized carbons (Fsp3) is 0.792. The molecule has 0 aromatic carbocycles. The van der Waals surface area contributed by atoms with Crippen molar-refractivity contribution in [1.82, 2.24) is 5.32 Å². The van der Waals surface area contributed by atoms with E-state index in [-0.39, 0.29) is 18.9 Å². The van der Waals surface area contributed by atoms with Gasteiger partial charge in [-0.05, 0) is 77.0 Å². The zero-order chi connectivity index (χ0) is 66.1. The normalized spacial score (nSPS) is 28.4. The molecule has 91 heavy (non-hydrogen) atoms. The summed E-state index contributed by atoms with van der Waals surface area (Å²) in [4.78, 5) is 13.4. The summed E-state index contributed by atoms with van der Waals surface area (Å²) in [5.41, 5.74) is 0. The number of rotatable bonds is 53. The second-order valence-electron chi connectivity index (χ2n) is 25.0. The number of carbonyl (C=O) groups is 1. The molecule has 3 rings (SSSR count). The topological polar surface area (TPSA) is 307 Å². The maximum absolute atomic E-state index is 13.4. The van der Waals surface area contributed by atoms with Gasteiger partial charge in [0, 0.05) is 6.42 Å². The van der Waals surface area contributed by atoms with Gasteiger partial charge in [-0.1, -0.05) is 234 Å². The Hall–Kier alpha value is -3.03. The zero-order valence-electron chi connectivity index (χ0n) is 55.5. The first-order chi connectivity index (χ1) is 44.3. The molecule has 0 aliphatic carbocycles. The van der Waals surface area contributed by atoms with E-state index in [0.29, 0.717) is 12.8 Å². The first-order valence-electron chi connectivity index (χ1n) is 35.3. The Bertz CT molecular complexity index is 1980. The highest BCUT2D eigenvalue weighted by Crippen LogP contribution is 2.33. The van der Waals surface area contributed by atoms with Crippen molar-refractivity contribution >= 4 is 5.91 Å². The molecular formula is C72H125NO18. The Kier molecular flexibility index (Phi) is 48.0. The Labute approximate surface area is 546 Å². The highest BCUT2D eigenvalue weighted by Gasteiger charge is 2.53. The Morgan fingerprint density at radius 1 is 0.407 bits per heavy atom. The number of hydrogen-bond donors (Lipinski definition) is 12. The monoisotopic (exact) mass is 1290 g/mol. The van der Waals surface area contributed by atoms with Crippen LogP contribution in [0.25, 0.3) is 0 Å². The summed E-state index contributed by atoms with van der Waals surface area (Å²) in [5.74, 6) is -0.291. The zero-order valence-corrected chi connectivity index (χ0v) is 55.5. The molecule has 526 valence electrons. The molecule has 0 aromatic rings. The van der Waals surface area contributed by atoms with Crippen molar-refractivity contribution < 1.29 is 89.4 Å². The number of unbranched alkanes of at least 4 members (excludes halogenated alkanes) is 25. The van der Waals surface area contributed by atoms with Crippen LogP contribution in [-0.4, -0.2) is 193 Å². The fourth-order valence-corrected chi connectivity index (χ4v) is 11.5. The first kappa shape index (κ1) is 82.2. The average molecular weight is 1290 g/mol. The van der Waals surface area contributed by atoms with E-state index in [2.05, 4.69) is 92.1 Å². The van der Waals surface area contributed by atoms with Crippen LogP contribution in [0.1, 0.15) is 232 Å². The van der Waals surface area contributed by atoms with Crippen LogP contribution in [0.15, 0.2) is 85.1 Å². The molecule has 17 unspecified atom stereocenters. The van der Waals surface area contributed by atoms with Crippen molar-refractivity contribution in [2.45, 2.75) is 336 Å². The van der Waals surface area contributed by atoms with Crippen LogP contribution in [0.2, 0.25) is 0 Å². The minimum atomic E-state index is -1.98. The number of aliphatic hydroxyl groups excluding tert-OH is 11. The summed E-state index contributed by atoms with van der Waals surface area (Å²) >= 11 is 0. The highest BCUT2D eigenvalue weighted by atomic mass is 16.8. The Morgan fingerprint density at radius 2 is 0.769 bits per heavy atom. The first-order valence-corrected chi connectivity index (χ1v) is 35.3. The molecule has 17 atom stereocenters. The summed E-state index contributed by atoms with van der Waals surface area (Å²) in [7, 11) is 0. The fourth-order valence-electron chi connectivity index (χ4n) is 11.5. The van der Waals surface area contributed by atoms with Crippen molar-refractivity contribution in [1.29, 1.82) is 0 Å². The van der Waals surface area contributed by atoms with E-state index in [1.165, 1.54) is 116 Å². The number of amides is 1. The molecule has 0 radical (unpaired) electrons. The molecule has 0 bridgehead atoms. The van der Waals surface area contributed by atoms with Gasteiger partial charge < -0.3 is 89.9 Å². The smallest absolute Gasteiger partial charge is 0.220 e. The molecule has 0 spiro atoms. The number of carbonyl (C=O) groups excluding carboxylic acids is 1. The summed E-state index contributed by atoms with van der Waals surface area (Å²) in [6.45, 7) is 1.60. The lowest BCUT2D eigenvalue weighted by Gasteiger charge is -2.48. The molecule has 1 amide bonds. The summed E-state index contributed by atoms with van der Waals surface area (Å²) < 4.78 is 34.3. The standard InChI is InChI=1S/C72H125NO18/c1-3-5-7-9-11-13-15-17-19-21-23-24-25-26-27-28-29-30-32-34-36-38-40-42-44-46-48-50-60(78)73-55(56(77)49-47-45-43-41-39-37-35-33-31-22-20-18-16-14-12-10-8-6-4-2)54-86-70-66(84)63(81)68(58(52-75)88-70)91-72-67(85)64(82)69(59(53-76)89-72)90-71-65(83)62(80)61(79)57(51-74)87-71/h5,7,11,13,17,19,23-24,26-27,39,41,47,49,55-59,61-72,74-77,79-85H,3-4,6,8-10,12,14-16,18,20-22,25,28-38,40,42-46,48,50-54H2,1-2H3,(H,73,78)/b7-5-,13-11-,19-17-,24-23-,27-26-,41-39+,49-47+. The number of hydrogen-bond acceptors (Lipinski definition) is 18. The Balaban J connectivity index is 1.44. The number of nitrogens with one attached hydrogen (secondary N) is 1. The van der Waals surface area contributed by atoms with Crippen molar-refractivity contribution in [3.8, 4) is 0 Å². The third-order valence-corrected chi connectivity index (χ3v) is 17.2. The largest absolute Gasteiger partial charge is 0.394 e. The number of allylic oxidation sites excluding steroid dienone is 13. The van der Waals surface area contributed by atoms with Gasteiger partial charge in [-0.25, -0.2) is 0 Å². The van der Waals surface area contributed by atoms with Gasteiger partial charge in [0.15, 0.2) is 18.9 Å². The Morgan fingerprint density at radius 3 is 1.23 bits per heavy atom. The van der Waals surface area contributed by atoms with Gasteiger partial charge in [-0.3, -0.25) is 4.79 Å². The van der Waals surface area contributed by atoms with Gasteiger partial charge in [-0.15, -0.1) is 0 Å². The molecular weight excluding hydrogens is 1170 g/mol. The predicted molar refractivity (Wildman–Crippen MR) is 355 cm³/mol. The highest BCUT2D eigenvalue weighted by molar-refractivity contribution is 5.76. The van der Waals surface area contributed by atoms with E-state index < -0.39 is 124 Å². The second-order valence-corrected chi connectivity index (χ2v) is 25.0. The number of aliphatic hydroxyl groups is 11. The van der Waals surface area contributed by atoms with Crippen LogP contribution >= 0.6 is 0 Å². The SMILES string of the molecule is CC/C=C\C/C=C\C/C=C\C/C=C\C/C=C\CCCCCCCCCCCCCC(=O)NC(COC1OC(CO)C(OC2OC(CO)C(OC3OC(CO)C(O)C(O)C3O)C(O)C2O)C(O)C1O)C(O)/C=C/CC/C=C/CCCCCCCCCCCCCCC. The van der Waals surface area contributed by atoms with Crippen molar-refractivity contribution in [3.63, 3.8) is 0 Å². The minimum Gasteiger partial charge on any atom is -0.394 e. The van der Waals surface area contributed by atoms with E-state index >= 15 is 0 Å². The van der Waals surface area contributed by atoms with Crippen LogP contribution in [0.3, 0.4) is 0 Å². The van der Waals surface area contributed by atoms with Crippen molar-refractivity contribution in [2.24, 2.45) is 0 Å². The quantitative estimate of drug-likeness (QED) is 0.0199. The van der Waals surface area contributed by atoms with Crippen LogP contribution in [-0.2, 0) is 33.2 Å². The van der Waals surface area contributed by atoms with Crippen LogP contribution in [0.5, 0.6) is 0 Å². The van der Waals surface area contributed by atoms with Gasteiger partial charge in [0.05, 0.1) is 38.6 Å². The third-order valence-electron chi connectivity index (χ3n) is 17.2. The summed E-state index contributed by atoms with van der Waals surface area (Å²) in [5, 5.41) is 121. The predicted octanol–water partition coefficient (Wildman–Crippen LogP) is 9.49. The lowest BCUT2D eigenvalue weighted by Crippen LogP contribution is -2.66. The molecule has 3 aliphatic heterocycles. The van der Waals surface area contributed by atoms with Gasteiger partial charge in [0.2, 0.25) is 5.91 Å². The van der Waals surface area contributed by atoms with Crippen molar-refractivity contribution in [2.75, 3.05) is 26.4 Å². The van der Waals surface area contributed by atoms with Gasteiger partial charge in [0.1, 0.15) is 73.2 Å². The van der Waals surface area contributed by atoms with Crippen molar-refractivity contribution in [3.05, 3.63) is 85.1 Å². The van der Waals surface area contributed by atoms with E-state index in [0.717, 1.165) is 83.5 Å². The maximum Gasteiger partial charge on any atom is 0.220 e. The van der Waals surface area contributed by atoms with Crippen LogP contribution < -0.4 is 5.32 Å². The molecule has 19 nitrogen and oxygen atoms in total. The lowest BCUT2D eigenvalue weighted by molar-refractivity contribution is -0.379. The minimum absolute atomic E-state index is 0.227. The van der Waals surface area contributed by atoms with E-state index in [1.807, 2.05) is 6.08 Å². The molecule has 0 aromatic heterocycles. The summed E-state index contributed by atoms with van der Waals surface area (Å²) in [6.07, 6.45) is 41.2. The molecule has 3 saturated heterocycles. The van der Waals surface area contributed by atoms with Crippen LogP contribution in [0.4, 0.5) is 0 Å². The molecule has 3 fully saturated rings. The second kappa shape index (κ2) is 53.2. The molecule has 3 heterocycles. The van der Waals surface area contributed by atoms with Gasteiger partial charge in [-0.2, -0.15) is 0 Å². The molecule has 12 N–H and O–H groups in total. The van der Waals surface area contributed by atoms with E-state index in [9.17, 15) is 61.0 Å². The van der Waals surface area contributed by atoms with Crippen LogP contribution in [0, 0.1) is 0 Å². The van der Waals surface area contributed by atoms with E-state index in [1.54, 1.807) is 6.08 Å². The van der Waals surface area contributed by atoms with Gasteiger partial charge >= 0.3 is 0 Å². The van der Waals surface area contributed by atoms with E-state index in [4.69, 9.17) is 28.4 Å². The average Bonchev–Trinajstić information content (AvgIpc) is 0.885. The molecule has 19 heteroatoms. The molecule has 3 aliphatic rings. The third kappa shape index (κ3) is 35.0. The lowest BCUT2D eigenvalue weighted by atomic mass is 9.96.